The largest absolute Gasteiger partial charge is 0.493 e. The second-order valence-corrected chi connectivity index (χ2v) is 4.84. The van der Waals surface area contributed by atoms with Gasteiger partial charge in [-0.1, -0.05) is 0 Å². The molecule has 1 heterocycles. The number of amides is 1. The average Bonchev–Trinajstić information content (AvgIpc) is 2.53. The summed E-state index contributed by atoms with van der Waals surface area (Å²) in [6, 6.07) is 3.71. The summed E-state index contributed by atoms with van der Waals surface area (Å²) >= 11 is 0. The molecule has 9 heteroatoms. The van der Waals surface area contributed by atoms with E-state index < -0.39 is 18.8 Å². The Morgan fingerprint density at radius 3 is 2.83 bits per heavy atom. The van der Waals surface area contributed by atoms with Crippen LogP contribution in [0.3, 0.4) is 0 Å². The van der Waals surface area contributed by atoms with E-state index in [0.717, 1.165) is 0 Å². The lowest BCUT2D eigenvalue weighted by atomic mass is 10.2. The van der Waals surface area contributed by atoms with Crippen molar-refractivity contribution >= 4 is 11.6 Å². The first kappa shape index (κ1) is 17.4. The number of carbonyl (C=O) groups excluding carboxylic acids is 1. The number of alkyl halides is 3. The van der Waals surface area contributed by atoms with Gasteiger partial charge in [-0.05, 0) is 12.1 Å². The van der Waals surface area contributed by atoms with E-state index in [1.807, 2.05) is 0 Å². The van der Waals surface area contributed by atoms with Gasteiger partial charge in [0.25, 0.3) is 0 Å². The number of benzene rings is 1. The molecule has 1 fully saturated rings. The van der Waals surface area contributed by atoms with Gasteiger partial charge in [0.2, 0.25) is 5.91 Å². The Bertz CT molecular complexity index is 545. The van der Waals surface area contributed by atoms with Crippen LogP contribution >= 0.6 is 0 Å². The summed E-state index contributed by atoms with van der Waals surface area (Å²) in [5, 5.41) is 5.58. The summed E-state index contributed by atoms with van der Waals surface area (Å²) in [7, 11) is 1.32. The van der Waals surface area contributed by atoms with Crippen molar-refractivity contribution in [3.63, 3.8) is 0 Å². The predicted molar refractivity (Wildman–Crippen MR) is 75.8 cm³/mol. The maximum atomic E-state index is 12.3. The van der Waals surface area contributed by atoms with Gasteiger partial charge < -0.3 is 24.8 Å². The molecular formula is C14H17F3N2O4. The van der Waals surface area contributed by atoms with E-state index in [1.165, 1.54) is 25.3 Å². The SMILES string of the molecule is COc1ccc(NC(=O)C2COCCN2)cc1OCC(F)(F)F. The fourth-order valence-electron chi connectivity index (χ4n) is 1.99. The van der Waals surface area contributed by atoms with Crippen molar-refractivity contribution in [1.82, 2.24) is 5.32 Å². The number of ether oxygens (including phenoxy) is 3. The molecule has 1 unspecified atom stereocenters. The van der Waals surface area contributed by atoms with Crippen molar-refractivity contribution in [2.75, 3.05) is 38.8 Å². The lowest BCUT2D eigenvalue weighted by Gasteiger charge is -2.23. The van der Waals surface area contributed by atoms with E-state index in [-0.39, 0.29) is 24.0 Å². The number of hydrogen-bond acceptors (Lipinski definition) is 5. The van der Waals surface area contributed by atoms with Gasteiger partial charge in [0.05, 0.1) is 20.3 Å². The van der Waals surface area contributed by atoms with E-state index in [4.69, 9.17) is 14.2 Å². The predicted octanol–water partition coefficient (Wildman–Crippen LogP) is 1.56. The van der Waals surface area contributed by atoms with Crippen LogP contribution in [0.15, 0.2) is 18.2 Å². The minimum atomic E-state index is -4.46. The van der Waals surface area contributed by atoms with E-state index in [2.05, 4.69) is 10.6 Å². The normalized spacial score (nSPS) is 18.3. The second-order valence-electron chi connectivity index (χ2n) is 4.84. The Labute approximate surface area is 130 Å². The van der Waals surface area contributed by atoms with Gasteiger partial charge in [-0.2, -0.15) is 13.2 Å². The molecule has 1 aromatic rings. The fourth-order valence-corrected chi connectivity index (χ4v) is 1.99. The fraction of sp³-hybridized carbons (Fsp3) is 0.500. The first-order valence-corrected chi connectivity index (χ1v) is 6.88. The van der Waals surface area contributed by atoms with Crippen LogP contribution in [-0.4, -0.2) is 51.6 Å². The van der Waals surface area contributed by atoms with Gasteiger partial charge in [0, 0.05) is 18.3 Å². The third-order valence-corrected chi connectivity index (χ3v) is 3.06. The number of anilines is 1. The molecule has 2 N–H and O–H groups in total. The van der Waals surface area contributed by atoms with E-state index in [0.29, 0.717) is 18.8 Å². The van der Waals surface area contributed by atoms with Gasteiger partial charge in [0.1, 0.15) is 6.04 Å². The Morgan fingerprint density at radius 2 is 2.22 bits per heavy atom. The van der Waals surface area contributed by atoms with Crippen LogP contribution in [-0.2, 0) is 9.53 Å². The highest BCUT2D eigenvalue weighted by Gasteiger charge is 2.29. The third kappa shape index (κ3) is 5.29. The van der Waals surface area contributed by atoms with Gasteiger partial charge in [-0.15, -0.1) is 0 Å². The standard InChI is InChI=1S/C14H17F3N2O4/c1-21-11-3-2-9(6-12(11)23-8-14(15,16)17)19-13(20)10-7-22-5-4-18-10/h2-3,6,10,18H,4-5,7-8H2,1H3,(H,19,20). The molecule has 1 amide bonds. The number of halogens is 3. The van der Waals surface area contributed by atoms with Crippen LogP contribution in [0.4, 0.5) is 18.9 Å². The molecule has 1 saturated heterocycles. The van der Waals surface area contributed by atoms with Crippen LogP contribution in [0, 0.1) is 0 Å². The summed E-state index contributed by atoms with van der Waals surface area (Å²) in [5.74, 6) is -0.293. The zero-order valence-corrected chi connectivity index (χ0v) is 12.4. The first-order valence-electron chi connectivity index (χ1n) is 6.88. The molecule has 0 aromatic heterocycles. The average molecular weight is 334 g/mol. The van der Waals surface area contributed by atoms with E-state index >= 15 is 0 Å². The number of morpholine rings is 1. The number of rotatable bonds is 5. The van der Waals surface area contributed by atoms with Crippen molar-refractivity contribution in [3.8, 4) is 11.5 Å². The lowest BCUT2D eigenvalue weighted by molar-refractivity contribution is -0.153. The Morgan fingerprint density at radius 1 is 1.43 bits per heavy atom. The molecule has 0 radical (unpaired) electrons. The van der Waals surface area contributed by atoms with Crippen LogP contribution < -0.4 is 20.1 Å². The molecule has 2 rings (SSSR count). The number of nitrogens with one attached hydrogen (secondary N) is 2. The van der Waals surface area contributed by atoms with Gasteiger partial charge in [-0.25, -0.2) is 0 Å². The lowest BCUT2D eigenvalue weighted by Crippen LogP contribution is -2.48. The number of carbonyl (C=O) groups is 1. The molecule has 0 bridgehead atoms. The zero-order valence-electron chi connectivity index (χ0n) is 12.4. The molecule has 23 heavy (non-hydrogen) atoms. The molecule has 128 valence electrons. The smallest absolute Gasteiger partial charge is 0.422 e. The molecular weight excluding hydrogens is 317 g/mol. The molecule has 0 spiro atoms. The van der Waals surface area contributed by atoms with Gasteiger partial charge in [0.15, 0.2) is 18.1 Å². The highest BCUT2D eigenvalue weighted by Crippen LogP contribution is 2.31. The third-order valence-electron chi connectivity index (χ3n) is 3.06. The minimum absolute atomic E-state index is 0.101. The topological polar surface area (TPSA) is 68.8 Å². The Kier molecular flexibility index (Phi) is 5.67. The van der Waals surface area contributed by atoms with E-state index in [9.17, 15) is 18.0 Å². The number of hydrogen-bond donors (Lipinski definition) is 2. The summed E-state index contributed by atoms with van der Waals surface area (Å²) in [6.07, 6.45) is -4.46. The van der Waals surface area contributed by atoms with Crippen molar-refractivity contribution in [2.45, 2.75) is 12.2 Å². The van der Waals surface area contributed by atoms with E-state index in [1.54, 1.807) is 0 Å². The maximum absolute atomic E-state index is 12.3. The van der Waals surface area contributed by atoms with Crippen molar-refractivity contribution in [2.24, 2.45) is 0 Å². The highest BCUT2D eigenvalue weighted by atomic mass is 19.4. The molecule has 0 aliphatic carbocycles. The molecule has 1 atom stereocenters. The monoisotopic (exact) mass is 334 g/mol. The quantitative estimate of drug-likeness (QED) is 0.855. The van der Waals surface area contributed by atoms with Gasteiger partial charge >= 0.3 is 6.18 Å². The molecule has 1 aliphatic rings. The van der Waals surface area contributed by atoms with Crippen LogP contribution in [0.2, 0.25) is 0 Å². The second kappa shape index (κ2) is 7.51. The molecule has 1 aromatic carbocycles. The highest BCUT2D eigenvalue weighted by molar-refractivity contribution is 5.95. The zero-order chi connectivity index (χ0) is 16.9. The van der Waals surface area contributed by atoms with Crippen LogP contribution in [0.1, 0.15) is 0 Å². The first-order chi connectivity index (χ1) is 10.9. The van der Waals surface area contributed by atoms with Crippen molar-refractivity contribution in [1.29, 1.82) is 0 Å². The van der Waals surface area contributed by atoms with Crippen LogP contribution in [0.5, 0.6) is 11.5 Å². The maximum Gasteiger partial charge on any atom is 0.422 e. The summed E-state index contributed by atoms with van der Waals surface area (Å²) in [4.78, 5) is 12.0. The van der Waals surface area contributed by atoms with Crippen molar-refractivity contribution < 1.29 is 32.2 Å². The van der Waals surface area contributed by atoms with Crippen LogP contribution in [0.25, 0.3) is 0 Å². The summed E-state index contributed by atoms with van der Waals surface area (Å²) in [6.45, 7) is -0.124. The van der Waals surface area contributed by atoms with Crippen molar-refractivity contribution in [3.05, 3.63) is 18.2 Å². The summed E-state index contributed by atoms with van der Waals surface area (Å²) in [5.41, 5.74) is 0.306. The Hall–Kier alpha value is -2.00. The van der Waals surface area contributed by atoms with Gasteiger partial charge in [-0.3, -0.25) is 4.79 Å². The molecule has 6 nitrogen and oxygen atoms in total. The Balaban J connectivity index is 2.05. The molecule has 1 aliphatic heterocycles. The molecule has 0 saturated carbocycles. The minimum Gasteiger partial charge on any atom is -0.493 e. The number of methoxy groups -OCH3 is 1. The summed E-state index contributed by atoms with van der Waals surface area (Å²) < 4.78 is 51.7.